The molecule has 2 heterocycles. The van der Waals surface area contributed by atoms with Crippen LogP contribution < -0.4 is 10.1 Å². The maximum Gasteiger partial charge on any atom is 0.235 e. The van der Waals surface area contributed by atoms with Crippen molar-refractivity contribution in [1.82, 2.24) is 25.1 Å². The largest absolute Gasteiger partial charge is 0.480 e. The zero-order valence-electron chi connectivity index (χ0n) is 15.1. The summed E-state index contributed by atoms with van der Waals surface area (Å²) < 4.78 is 7.21. The maximum atomic E-state index is 12.1. The highest BCUT2D eigenvalue weighted by Gasteiger charge is 2.11. The number of aromatic nitrogens is 4. The Morgan fingerprint density at radius 1 is 1.23 bits per heavy atom. The summed E-state index contributed by atoms with van der Waals surface area (Å²) in [6.07, 6.45) is 5.50. The van der Waals surface area contributed by atoms with E-state index in [0.29, 0.717) is 31.0 Å². The molecular formula is C19H23N5O2. The molecule has 26 heavy (non-hydrogen) atoms. The summed E-state index contributed by atoms with van der Waals surface area (Å²) in [4.78, 5) is 21.1. The van der Waals surface area contributed by atoms with Gasteiger partial charge in [-0.1, -0.05) is 12.1 Å². The van der Waals surface area contributed by atoms with Crippen LogP contribution in [0.1, 0.15) is 24.1 Å². The van der Waals surface area contributed by atoms with Gasteiger partial charge in [-0.15, -0.1) is 0 Å². The second kappa shape index (κ2) is 8.42. The van der Waals surface area contributed by atoms with E-state index >= 15 is 0 Å². The molecule has 0 fully saturated rings. The molecule has 0 bridgehead atoms. The van der Waals surface area contributed by atoms with Crippen molar-refractivity contribution in [1.29, 1.82) is 0 Å². The number of nitrogens with one attached hydrogen (secondary N) is 1. The number of hydrogen-bond acceptors (Lipinski definition) is 5. The third-order valence-corrected chi connectivity index (χ3v) is 4.04. The lowest BCUT2D eigenvalue weighted by molar-refractivity contribution is -0.121. The maximum absolute atomic E-state index is 12.1. The molecule has 1 aromatic carbocycles. The van der Waals surface area contributed by atoms with Gasteiger partial charge in [-0.05, 0) is 31.0 Å². The first-order valence-electron chi connectivity index (χ1n) is 8.71. The molecule has 1 amide bonds. The van der Waals surface area contributed by atoms with Crippen LogP contribution in [0.3, 0.4) is 0 Å². The van der Waals surface area contributed by atoms with Gasteiger partial charge in [0.25, 0.3) is 0 Å². The molecule has 0 unspecified atom stereocenters. The van der Waals surface area contributed by atoms with Crippen molar-refractivity contribution in [3.05, 3.63) is 47.9 Å². The molecule has 3 aromatic rings. The third kappa shape index (κ3) is 4.56. The van der Waals surface area contributed by atoms with Crippen molar-refractivity contribution < 1.29 is 9.53 Å². The molecule has 3 rings (SSSR count). The Bertz CT molecular complexity index is 891. The van der Waals surface area contributed by atoms with Crippen LogP contribution in [0.25, 0.3) is 11.0 Å². The molecule has 7 heteroatoms. The Kier molecular flexibility index (Phi) is 5.78. The first kappa shape index (κ1) is 17.8. The molecule has 1 N–H and O–H groups in total. The smallest absolute Gasteiger partial charge is 0.235 e. The molecular weight excluding hydrogens is 330 g/mol. The summed E-state index contributed by atoms with van der Waals surface area (Å²) in [5.74, 6) is 0.476. The van der Waals surface area contributed by atoms with Crippen molar-refractivity contribution in [3.8, 4) is 5.88 Å². The van der Waals surface area contributed by atoms with Crippen LogP contribution in [0.5, 0.6) is 5.88 Å². The van der Waals surface area contributed by atoms with Gasteiger partial charge >= 0.3 is 0 Å². The molecule has 136 valence electrons. The molecule has 0 saturated heterocycles. The summed E-state index contributed by atoms with van der Waals surface area (Å²) >= 11 is 0. The standard InChI is InChI=1S/C19H23N5O2/c1-14-12-21-24(13-14)11-5-10-20-18(25)9-8-17-19(26-2)23-16-7-4-3-6-15(16)22-17/h3-4,6-7,12-13H,5,8-11H2,1-2H3,(H,20,25). The SMILES string of the molecule is COc1nc2ccccc2nc1CCC(=O)NCCCn1cc(C)cn1. The van der Waals surface area contributed by atoms with E-state index < -0.39 is 0 Å². The minimum atomic E-state index is -0.00124. The molecule has 0 atom stereocenters. The van der Waals surface area contributed by atoms with E-state index in [2.05, 4.69) is 20.4 Å². The summed E-state index contributed by atoms with van der Waals surface area (Å²) in [5.41, 5.74) is 3.43. The molecule has 0 spiro atoms. The van der Waals surface area contributed by atoms with Crippen molar-refractivity contribution in [3.63, 3.8) is 0 Å². The van der Waals surface area contributed by atoms with Crippen LogP contribution in [-0.2, 0) is 17.8 Å². The number of benzene rings is 1. The molecule has 7 nitrogen and oxygen atoms in total. The van der Waals surface area contributed by atoms with Crippen LogP contribution in [0.2, 0.25) is 0 Å². The number of nitrogens with zero attached hydrogens (tertiary/aromatic N) is 4. The van der Waals surface area contributed by atoms with Crippen LogP contribution in [0.15, 0.2) is 36.7 Å². The number of fused-ring (bicyclic) bond motifs is 1. The third-order valence-electron chi connectivity index (χ3n) is 4.04. The Hall–Kier alpha value is -2.96. The summed E-state index contributed by atoms with van der Waals surface area (Å²) in [7, 11) is 1.57. The van der Waals surface area contributed by atoms with Crippen LogP contribution in [0.4, 0.5) is 0 Å². The second-order valence-electron chi connectivity index (χ2n) is 6.15. The number of para-hydroxylation sites is 2. The van der Waals surface area contributed by atoms with Crippen LogP contribution in [0, 0.1) is 6.92 Å². The quantitative estimate of drug-likeness (QED) is 0.628. The Labute approximate surface area is 152 Å². The fourth-order valence-corrected chi connectivity index (χ4v) is 2.73. The van der Waals surface area contributed by atoms with Crippen LogP contribution in [-0.4, -0.2) is 39.3 Å². The summed E-state index contributed by atoms with van der Waals surface area (Å²) in [5, 5.41) is 7.16. The van der Waals surface area contributed by atoms with Crippen LogP contribution >= 0.6 is 0 Å². The molecule has 0 saturated carbocycles. The first-order chi connectivity index (χ1) is 12.7. The average Bonchev–Trinajstić information content (AvgIpc) is 3.07. The highest BCUT2D eigenvalue weighted by Crippen LogP contribution is 2.19. The van der Waals surface area contributed by atoms with Crippen molar-refractivity contribution in [2.45, 2.75) is 32.7 Å². The van der Waals surface area contributed by atoms with Gasteiger partial charge in [-0.3, -0.25) is 9.48 Å². The molecule has 2 aromatic heterocycles. The van der Waals surface area contributed by atoms with E-state index in [1.807, 2.05) is 48.3 Å². The van der Waals surface area contributed by atoms with Gasteiger partial charge in [0.15, 0.2) is 0 Å². The lowest BCUT2D eigenvalue weighted by Gasteiger charge is -2.09. The minimum Gasteiger partial charge on any atom is -0.480 e. The highest BCUT2D eigenvalue weighted by molar-refractivity contribution is 5.77. The number of amides is 1. The Morgan fingerprint density at radius 2 is 2.00 bits per heavy atom. The van der Waals surface area contributed by atoms with Gasteiger partial charge in [-0.25, -0.2) is 9.97 Å². The number of aryl methyl sites for hydroxylation is 3. The van der Waals surface area contributed by atoms with Crippen molar-refractivity contribution in [2.24, 2.45) is 0 Å². The molecule has 0 aliphatic heterocycles. The number of methoxy groups -OCH3 is 1. The van der Waals surface area contributed by atoms with Gasteiger partial charge in [-0.2, -0.15) is 5.10 Å². The van der Waals surface area contributed by atoms with E-state index in [-0.39, 0.29) is 5.91 Å². The Morgan fingerprint density at radius 3 is 2.69 bits per heavy atom. The fourth-order valence-electron chi connectivity index (χ4n) is 2.73. The van der Waals surface area contributed by atoms with E-state index in [0.717, 1.165) is 29.6 Å². The van der Waals surface area contributed by atoms with E-state index in [1.54, 1.807) is 7.11 Å². The predicted molar refractivity (Wildman–Crippen MR) is 99.0 cm³/mol. The fraction of sp³-hybridized carbons (Fsp3) is 0.368. The zero-order chi connectivity index (χ0) is 18.4. The number of ether oxygens (including phenoxy) is 1. The van der Waals surface area contributed by atoms with E-state index in [9.17, 15) is 4.79 Å². The van der Waals surface area contributed by atoms with Gasteiger partial charge in [0.2, 0.25) is 11.8 Å². The topological polar surface area (TPSA) is 81.9 Å². The Balaban J connectivity index is 1.48. The van der Waals surface area contributed by atoms with Gasteiger partial charge < -0.3 is 10.1 Å². The molecule has 0 radical (unpaired) electrons. The normalized spacial score (nSPS) is 10.8. The number of rotatable bonds is 8. The summed E-state index contributed by atoms with van der Waals surface area (Å²) in [6, 6.07) is 7.62. The number of carbonyl (C=O) groups is 1. The van der Waals surface area contributed by atoms with Crippen molar-refractivity contribution >= 4 is 16.9 Å². The predicted octanol–water partition coefficient (Wildman–Crippen LogP) is 2.28. The monoisotopic (exact) mass is 353 g/mol. The number of hydrogen-bond donors (Lipinski definition) is 1. The summed E-state index contributed by atoms with van der Waals surface area (Å²) in [6.45, 7) is 3.42. The molecule has 0 aliphatic rings. The first-order valence-corrected chi connectivity index (χ1v) is 8.71. The lowest BCUT2D eigenvalue weighted by Crippen LogP contribution is -2.25. The zero-order valence-corrected chi connectivity index (χ0v) is 15.1. The molecule has 0 aliphatic carbocycles. The minimum absolute atomic E-state index is 0.00124. The lowest BCUT2D eigenvalue weighted by atomic mass is 10.2. The number of carbonyl (C=O) groups excluding carboxylic acids is 1. The highest BCUT2D eigenvalue weighted by atomic mass is 16.5. The van der Waals surface area contributed by atoms with Gasteiger partial charge in [0.05, 0.1) is 24.3 Å². The van der Waals surface area contributed by atoms with E-state index in [1.165, 1.54) is 0 Å². The van der Waals surface area contributed by atoms with Crippen molar-refractivity contribution in [2.75, 3.05) is 13.7 Å². The van der Waals surface area contributed by atoms with Gasteiger partial charge in [0.1, 0.15) is 5.69 Å². The van der Waals surface area contributed by atoms with Gasteiger partial charge in [0, 0.05) is 32.1 Å². The second-order valence-corrected chi connectivity index (χ2v) is 6.15. The van der Waals surface area contributed by atoms with E-state index in [4.69, 9.17) is 4.74 Å². The average molecular weight is 353 g/mol.